The number of aryl methyl sites for hydroxylation is 1. The first-order valence-corrected chi connectivity index (χ1v) is 6.03. The van der Waals surface area contributed by atoms with Crippen LogP contribution in [0.3, 0.4) is 0 Å². The van der Waals surface area contributed by atoms with Crippen molar-refractivity contribution in [2.45, 2.75) is 6.92 Å². The average Bonchev–Trinajstić information content (AvgIpc) is 2.98. The normalized spacial score (nSPS) is 10.8. The Morgan fingerprint density at radius 3 is 2.62 bits per heavy atom. The van der Waals surface area contributed by atoms with Crippen molar-refractivity contribution in [3.05, 3.63) is 47.8 Å². The molecule has 0 fully saturated rings. The van der Waals surface area contributed by atoms with E-state index in [1.165, 1.54) is 29.9 Å². The van der Waals surface area contributed by atoms with Crippen molar-refractivity contribution in [1.82, 2.24) is 24.7 Å². The third-order valence-corrected chi connectivity index (χ3v) is 2.87. The highest BCUT2D eigenvalue weighted by Gasteiger charge is 2.16. The molecule has 21 heavy (non-hydrogen) atoms. The third kappa shape index (κ3) is 2.31. The minimum absolute atomic E-state index is 0.0515. The Bertz CT molecular complexity index is 801. The van der Waals surface area contributed by atoms with Gasteiger partial charge in [0.15, 0.2) is 17.5 Å². The molecule has 0 spiro atoms. The zero-order valence-corrected chi connectivity index (χ0v) is 11.0. The van der Waals surface area contributed by atoms with E-state index >= 15 is 0 Å². The molecule has 106 valence electrons. The molecule has 0 aliphatic rings. The second kappa shape index (κ2) is 4.89. The SMILES string of the molecule is Cc1ccc(-c2nc(N)nc(-n3cccn3)n2)c(F)c1F. The lowest BCUT2D eigenvalue weighted by molar-refractivity contribution is 0.505. The zero-order valence-electron chi connectivity index (χ0n) is 11.0. The fraction of sp³-hybridized carbons (Fsp3) is 0.0769. The van der Waals surface area contributed by atoms with Crippen LogP contribution in [0, 0.1) is 18.6 Å². The molecule has 0 aliphatic heterocycles. The molecular weight excluding hydrogens is 278 g/mol. The minimum atomic E-state index is -1.02. The van der Waals surface area contributed by atoms with Gasteiger partial charge in [-0.25, -0.2) is 13.5 Å². The predicted molar refractivity (Wildman–Crippen MR) is 71.5 cm³/mol. The molecule has 8 heteroatoms. The number of nitrogens with zero attached hydrogens (tertiary/aromatic N) is 5. The van der Waals surface area contributed by atoms with Crippen LogP contribution in [-0.2, 0) is 0 Å². The Balaban J connectivity index is 2.18. The van der Waals surface area contributed by atoms with Crippen molar-refractivity contribution >= 4 is 5.95 Å². The lowest BCUT2D eigenvalue weighted by Gasteiger charge is -2.07. The van der Waals surface area contributed by atoms with E-state index in [0.29, 0.717) is 0 Å². The van der Waals surface area contributed by atoms with Crippen molar-refractivity contribution in [2.24, 2.45) is 0 Å². The standard InChI is InChI=1S/C13H10F2N6/c1-7-3-4-8(10(15)9(7)14)11-18-12(16)20-13(19-11)21-6-2-5-17-21/h2-6H,1H3,(H2,16,18,19,20). The third-order valence-electron chi connectivity index (χ3n) is 2.87. The fourth-order valence-electron chi connectivity index (χ4n) is 1.81. The van der Waals surface area contributed by atoms with Crippen LogP contribution in [-0.4, -0.2) is 24.7 Å². The van der Waals surface area contributed by atoms with E-state index in [9.17, 15) is 8.78 Å². The van der Waals surface area contributed by atoms with Gasteiger partial charge in [0, 0.05) is 12.4 Å². The maximum atomic E-state index is 14.0. The molecule has 0 aliphatic carbocycles. The van der Waals surface area contributed by atoms with Crippen molar-refractivity contribution in [3.8, 4) is 17.3 Å². The lowest BCUT2D eigenvalue weighted by Crippen LogP contribution is -2.09. The number of benzene rings is 1. The molecule has 2 N–H and O–H groups in total. The fourth-order valence-corrected chi connectivity index (χ4v) is 1.81. The van der Waals surface area contributed by atoms with Crippen LogP contribution in [0.2, 0.25) is 0 Å². The average molecular weight is 288 g/mol. The number of nitrogens with two attached hydrogens (primary N) is 1. The van der Waals surface area contributed by atoms with E-state index in [-0.39, 0.29) is 28.8 Å². The van der Waals surface area contributed by atoms with E-state index in [1.54, 1.807) is 12.3 Å². The summed E-state index contributed by atoms with van der Waals surface area (Å²) in [4.78, 5) is 11.8. The molecule has 2 heterocycles. The van der Waals surface area contributed by atoms with Gasteiger partial charge in [0.2, 0.25) is 5.95 Å². The van der Waals surface area contributed by atoms with Crippen molar-refractivity contribution in [1.29, 1.82) is 0 Å². The Labute approximate surface area is 118 Å². The van der Waals surface area contributed by atoms with E-state index in [4.69, 9.17) is 5.73 Å². The molecule has 0 amide bonds. The van der Waals surface area contributed by atoms with E-state index < -0.39 is 11.6 Å². The molecule has 3 aromatic rings. The molecule has 3 rings (SSSR count). The number of aromatic nitrogens is 5. The van der Waals surface area contributed by atoms with Crippen LogP contribution in [0.5, 0.6) is 0 Å². The first kappa shape index (κ1) is 13.1. The monoisotopic (exact) mass is 288 g/mol. The smallest absolute Gasteiger partial charge is 0.255 e. The van der Waals surface area contributed by atoms with Gasteiger partial charge in [-0.1, -0.05) is 6.07 Å². The number of halogens is 2. The second-order valence-electron chi connectivity index (χ2n) is 4.33. The van der Waals surface area contributed by atoms with Crippen LogP contribution >= 0.6 is 0 Å². The van der Waals surface area contributed by atoms with Gasteiger partial charge in [0.25, 0.3) is 5.95 Å². The summed E-state index contributed by atoms with van der Waals surface area (Å²) in [5.74, 6) is -1.99. The number of hydrogen-bond acceptors (Lipinski definition) is 5. The van der Waals surface area contributed by atoms with E-state index in [2.05, 4.69) is 20.1 Å². The van der Waals surface area contributed by atoms with Crippen molar-refractivity contribution in [3.63, 3.8) is 0 Å². The highest BCUT2D eigenvalue weighted by atomic mass is 19.2. The number of nitrogen functional groups attached to an aromatic ring is 1. The molecule has 0 atom stereocenters. The molecule has 1 aromatic carbocycles. The van der Waals surface area contributed by atoms with Gasteiger partial charge in [-0.2, -0.15) is 20.1 Å². The Morgan fingerprint density at radius 1 is 1.10 bits per heavy atom. The van der Waals surface area contributed by atoms with Crippen LogP contribution in [0.1, 0.15) is 5.56 Å². The minimum Gasteiger partial charge on any atom is -0.368 e. The summed E-state index contributed by atoms with van der Waals surface area (Å²) in [6, 6.07) is 4.52. The lowest BCUT2D eigenvalue weighted by atomic mass is 10.1. The molecule has 0 unspecified atom stereocenters. The highest BCUT2D eigenvalue weighted by Crippen LogP contribution is 2.24. The van der Waals surface area contributed by atoms with E-state index in [0.717, 1.165) is 0 Å². The molecule has 0 radical (unpaired) electrons. The van der Waals surface area contributed by atoms with Gasteiger partial charge in [-0.05, 0) is 24.6 Å². The van der Waals surface area contributed by atoms with Gasteiger partial charge < -0.3 is 5.73 Å². The van der Waals surface area contributed by atoms with Crippen LogP contribution in [0.25, 0.3) is 17.3 Å². The van der Waals surface area contributed by atoms with E-state index in [1.807, 2.05) is 0 Å². The summed E-state index contributed by atoms with van der Waals surface area (Å²) in [5, 5.41) is 3.96. The summed E-state index contributed by atoms with van der Waals surface area (Å²) in [6.07, 6.45) is 3.14. The number of anilines is 1. The number of hydrogen-bond donors (Lipinski definition) is 1. The predicted octanol–water partition coefficient (Wildman–Crippen LogP) is 1.89. The summed E-state index contributed by atoms with van der Waals surface area (Å²) >= 11 is 0. The maximum Gasteiger partial charge on any atom is 0.255 e. The van der Waals surface area contributed by atoms with Crippen molar-refractivity contribution in [2.75, 3.05) is 5.73 Å². The molecule has 0 bridgehead atoms. The quantitative estimate of drug-likeness (QED) is 0.778. The number of rotatable bonds is 2. The topological polar surface area (TPSA) is 82.5 Å². The van der Waals surface area contributed by atoms with Crippen LogP contribution in [0.15, 0.2) is 30.6 Å². The first-order chi connectivity index (χ1) is 10.1. The zero-order chi connectivity index (χ0) is 15.0. The summed E-state index contributed by atoms with van der Waals surface area (Å²) in [7, 11) is 0. The van der Waals surface area contributed by atoms with Crippen LogP contribution < -0.4 is 5.73 Å². The van der Waals surface area contributed by atoms with Gasteiger partial charge >= 0.3 is 0 Å². The molecule has 6 nitrogen and oxygen atoms in total. The molecule has 2 aromatic heterocycles. The summed E-state index contributed by atoms with van der Waals surface area (Å²) in [6.45, 7) is 1.47. The van der Waals surface area contributed by atoms with Gasteiger partial charge in [0.05, 0.1) is 5.56 Å². The molecule has 0 saturated heterocycles. The first-order valence-electron chi connectivity index (χ1n) is 6.03. The van der Waals surface area contributed by atoms with Gasteiger partial charge in [0.1, 0.15) is 0 Å². The largest absolute Gasteiger partial charge is 0.368 e. The Morgan fingerprint density at radius 2 is 1.90 bits per heavy atom. The van der Waals surface area contributed by atoms with Gasteiger partial charge in [-0.15, -0.1) is 0 Å². The Hall–Kier alpha value is -2.90. The van der Waals surface area contributed by atoms with Crippen molar-refractivity contribution < 1.29 is 8.78 Å². The molecular formula is C13H10F2N6. The highest BCUT2D eigenvalue weighted by molar-refractivity contribution is 5.58. The van der Waals surface area contributed by atoms with Crippen LogP contribution in [0.4, 0.5) is 14.7 Å². The maximum absolute atomic E-state index is 14.0. The summed E-state index contributed by atoms with van der Waals surface area (Å²) in [5.41, 5.74) is 5.72. The Kier molecular flexibility index (Phi) is 3.05. The molecule has 0 saturated carbocycles. The second-order valence-corrected chi connectivity index (χ2v) is 4.33. The summed E-state index contributed by atoms with van der Waals surface area (Å²) < 4.78 is 29.0. The van der Waals surface area contributed by atoms with Gasteiger partial charge in [-0.3, -0.25) is 0 Å².